The molecule has 0 unspecified atom stereocenters. The molecule has 0 bridgehead atoms. The number of carbonyl (C=O) groups excluding carboxylic acids is 1. The van der Waals surface area contributed by atoms with E-state index in [9.17, 15) is 13.2 Å². The van der Waals surface area contributed by atoms with Gasteiger partial charge in [0.15, 0.2) is 0 Å². The molecule has 1 N–H and O–H groups in total. The number of nitrogens with one attached hydrogen (secondary N) is 1. The Morgan fingerprint density at radius 2 is 1.54 bits per heavy atom. The van der Waals surface area contributed by atoms with Crippen molar-refractivity contribution in [3.05, 3.63) is 59.7 Å². The Bertz CT molecular complexity index is 875. The first-order chi connectivity index (χ1) is 12.1. The Morgan fingerprint density at radius 3 is 2.08 bits per heavy atom. The topological polar surface area (TPSA) is 69.7 Å². The van der Waals surface area contributed by atoms with Crippen molar-refractivity contribution < 1.29 is 13.2 Å². The molecule has 0 atom stereocenters. The summed E-state index contributed by atoms with van der Waals surface area (Å²) in [6, 6.07) is 14.2. The monoisotopic (exact) mass is 375 g/mol. The summed E-state index contributed by atoms with van der Waals surface area (Å²) in [6.07, 6.45) is 0. The highest BCUT2D eigenvalue weighted by Gasteiger charge is 2.21. The van der Waals surface area contributed by atoms with Crippen molar-refractivity contribution >= 4 is 27.5 Å². The molecule has 2 rings (SSSR count). The lowest BCUT2D eigenvalue weighted by atomic mass is 10.0. The molecule has 0 saturated heterocycles. The van der Waals surface area contributed by atoms with Gasteiger partial charge in [0, 0.05) is 32.4 Å². The summed E-state index contributed by atoms with van der Waals surface area (Å²) in [4.78, 5) is 12.5. The van der Waals surface area contributed by atoms with Crippen molar-refractivity contribution in [2.75, 3.05) is 30.8 Å². The largest absolute Gasteiger partial charge is 0.322 e. The molecule has 0 saturated carbocycles. The highest BCUT2D eigenvalue weighted by Crippen LogP contribution is 2.24. The van der Waals surface area contributed by atoms with Gasteiger partial charge in [0.25, 0.3) is 5.91 Å². The van der Waals surface area contributed by atoms with Crippen LogP contribution < -0.4 is 9.62 Å². The quantitative estimate of drug-likeness (QED) is 0.842. The molecule has 140 valence electrons. The summed E-state index contributed by atoms with van der Waals surface area (Å²) in [5.74, 6) is 0.0570. The lowest BCUT2D eigenvalue weighted by Gasteiger charge is -2.23. The van der Waals surface area contributed by atoms with Gasteiger partial charge in [0.05, 0.1) is 5.69 Å². The number of para-hydroxylation sites is 1. The summed E-state index contributed by atoms with van der Waals surface area (Å²) in [5, 5.41) is 2.93. The van der Waals surface area contributed by atoms with Crippen molar-refractivity contribution in [1.82, 2.24) is 4.31 Å². The van der Waals surface area contributed by atoms with Gasteiger partial charge in [-0.3, -0.25) is 9.10 Å². The average Bonchev–Trinajstić information content (AvgIpc) is 2.61. The van der Waals surface area contributed by atoms with E-state index in [0.29, 0.717) is 17.2 Å². The summed E-state index contributed by atoms with van der Waals surface area (Å²) >= 11 is 0. The minimum atomic E-state index is -3.56. The molecule has 26 heavy (non-hydrogen) atoms. The van der Waals surface area contributed by atoms with Crippen LogP contribution in [0.4, 0.5) is 11.4 Å². The van der Waals surface area contributed by atoms with E-state index in [-0.39, 0.29) is 5.91 Å². The number of rotatable bonds is 6. The van der Waals surface area contributed by atoms with Gasteiger partial charge in [-0.05, 0) is 41.8 Å². The predicted octanol–water partition coefficient (Wildman–Crippen LogP) is 3.30. The third kappa shape index (κ3) is 4.23. The van der Waals surface area contributed by atoms with E-state index >= 15 is 0 Å². The molecule has 0 aliphatic rings. The van der Waals surface area contributed by atoms with Crippen LogP contribution in [0, 0.1) is 0 Å². The number of carbonyl (C=O) groups is 1. The summed E-state index contributed by atoms with van der Waals surface area (Å²) in [5.41, 5.74) is 2.79. The van der Waals surface area contributed by atoms with E-state index < -0.39 is 10.2 Å². The van der Waals surface area contributed by atoms with E-state index in [0.717, 1.165) is 15.6 Å². The van der Waals surface area contributed by atoms with Crippen LogP contribution in [-0.2, 0) is 10.2 Å². The second-order valence-electron chi connectivity index (χ2n) is 6.50. The first-order valence-corrected chi connectivity index (χ1v) is 9.71. The lowest BCUT2D eigenvalue weighted by molar-refractivity contribution is 0.102. The van der Waals surface area contributed by atoms with Crippen molar-refractivity contribution in [1.29, 1.82) is 0 Å². The average molecular weight is 375 g/mol. The molecule has 0 aromatic heterocycles. The Balaban J connectivity index is 2.20. The fourth-order valence-corrected chi connectivity index (χ4v) is 3.39. The van der Waals surface area contributed by atoms with E-state index in [1.807, 2.05) is 24.3 Å². The maximum absolute atomic E-state index is 12.5. The van der Waals surface area contributed by atoms with Crippen molar-refractivity contribution in [2.24, 2.45) is 0 Å². The number of benzene rings is 2. The Hall–Kier alpha value is -2.38. The molecule has 1 amide bonds. The van der Waals surface area contributed by atoms with Crippen LogP contribution >= 0.6 is 0 Å². The van der Waals surface area contributed by atoms with Gasteiger partial charge in [-0.2, -0.15) is 12.7 Å². The molecule has 2 aromatic rings. The van der Waals surface area contributed by atoms with Crippen LogP contribution in [-0.4, -0.2) is 39.8 Å². The van der Waals surface area contributed by atoms with Crippen molar-refractivity contribution in [3.63, 3.8) is 0 Å². The van der Waals surface area contributed by atoms with Crippen LogP contribution in [0.15, 0.2) is 48.5 Å². The molecule has 0 fully saturated rings. The molecule has 0 radical (unpaired) electrons. The molecule has 2 aromatic carbocycles. The third-order valence-electron chi connectivity index (χ3n) is 4.13. The van der Waals surface area contributed by atoms with Crippen molar-refractivity contribution in [2.45, 2.75) is 19.8 Å². The number of hydrogen-bond acceptors (Lipinski definition) is 3. The van der Waals surface area contributed by atoms with E-state index in [1.54, 1.807) is 24.3 Å². The van der Waals surface area contributed by atoms with E-state index in [1.165, 1.54) is 25.4 Å². The number of nitrogens with zero attached hydrogens (tertiary/aromatic N) is 2. The number of anilines is 2. The van der Waals surface area contributed by atoms with Gasteiger partial charge in [-0.25, -0.2) is 0 Å². The van der Waals surface area contributed by atoms with Crippen LogP contribution in [0.25, 0.3) is 0 Å². The molecule has 0 aliphatic heterocycles. The maximum atomic E-state index is 12.5. The van der Waals surface area contributed by atoms with Crippen LogP contribution in [0.5, 0.6) is 0 Å². The fourth-order valence-electron chi connectivity index (χ4n) is 2.51. The third-order valence-corrected chi connectivity index (χ3v) is 5.96. The highest BCUT2D eigenvalue weighted by molar-refractivity contribution is 7.90. The molecule has 7 heteroatoms. The molecule has 0 aliphatic carbocycles. The Kier molecular flexibility index (Phi) is 6.05. The van der Waals surface area contributed by atoms with Gasteiger partial charge >= 0.3 is 10.2 Å². The summed E-state index contributed by atoms with van der Waals surface area (Å²) < 4.78 is 26.6. The SMILES string of the molecule is CC(C)c1ccccc1NC(=O)c1ccc(N(C)S(=O)(=O)N(C)C)cc1. The molecule has 6 nitrogen and oxygen atoms in total. The van der Waals surface area contributed by atoms with Gasteiger partial charge in [-0.15, -0.1) is 0 Å². The molecule has 0 spiro atoms. The maximum Gasteiger partial charge on any atom is 0.303 e. The minimum absolute atomic E-state index is 0.234. The highest BCUT2D eigenvalue weighted by atomic mass is 32.2. The second kappa shape index (κ2) is 7.88. The zero-order chi connectivity index (χ0) is 19.5. The van der Waals surface area contributed by atoms with E-state index in [2.05, 4.69) is 19.2 Å². The Morgan fingerprint density at radius 1 is 0.962 bits per heavy atom. The first-order valence-electron chi connectivity index (χ1n) is 8.31. The fraction of sp³-hybridized carbons (Fsp3) is 0.316. The lowest BCUT2D eigenvalue weighted by Crippen LogP contribution is -2.37. The predicted molar refractivity (Wildman–Crippen MR) is 106 cm³/mol. The molecular weight excluding hydrogens is 350 g/mol. The van der Waals surface area contributed by atoms with Gasteiger partial charge in [0.1, 0.15) is 0 Å². The van der Waals surface area contributed by atoms with E-state index in [4.69, 9.17) is 0 Å². The molecule has 0 heterocycles. The first kappa shape index (κ1) is 19.9. The normalized spacial score (nSPS) is 11.7. The van der Waals surface area contributed by atoms with Gasteiger partial charge in [0.2, 0.25) is 0 Å². The zero-order valence-corrected chi connectivity index (χ0v) is 16.5. The number of hydrogen-bond donors (Lipinski definition) is 1. The minimum Gasteiger partial charge on any atom is -0.322 e. The standard InChI is InChI=1S/C19H25N3O3S/c1-14(2)17-8-6-7-9-18(17)20-19(23)15-10-12-16(13-11-15)22(5)26(24,25)21(3)4/h6-14H,1-5H3,(H,20,23). The van der Waals surface area contributed by atoms with Crippen LogP contribution in [0.3, 0.4) is 0 Å². The van der Waals surface area contributed by atoms with Gasteiger partial charge < -0.3 is 5.32 Å². The summed E-state index contributed by atoms with van der Waals surface area (Å²) in [6.45, 7) is 4.14. The van der Waals surface area contributed by atoms with Crippen LogP contribution in [0.1, 0.15) is 35.7 Å². The zero-order valence-electron chi connectivity index (χ0n) is 15.7. The molecular formula is C19H25N3O3S. The van der Waals surface area contributed by atoms with Crippen LogP contribution in [0.2, 0.25) is 0 Å². The summed E-state index contributed by atoms with van der Waals surface area (Å²) in [7, 11) is 0.859. The second-order valence-corrected chi connectivity index (χ2v) is 8.67. The Labute approximate surface area is 155 Å². The number of amides is 1. The van der Waals surface area contributed by atoms with Gasteiger partial charge in [-0.1, -0.05) is 32.0 Å². The smallest absolute Gasteiger partial charge is 0.303 e. The van der Waals surface area contributed by atoms with Crippen molar-refractivity contribution in [3.8, 4) is 0 Å².